The quantitative estimate of drug-likeness (QED) is 0.719. The molecule has 0 bridgehead atoms. The largest absolute Gasteiger partial charge is 0.481 e. The van der Waals surface area contributed by atoms with E-state index in [0.29, 0.717) is 13.0 Å². The highest BCUT2D eigenvalue weighted by Gasteiger charge is 2.25. The van der Waals surface area contributed by atoms with E-state index >= 15 is 0 Å². The second kappa shape index (κ2) is 5.61. The number of hydrogen-bond donors (Lipinski definition) is 2. The first-order chi connectivity index (χ1) is 7.52. The minimum atomic E-state index is -0.752. The van der Waals surface area contributed by atoms with Crippen LogP contribution >= 0.6 is 0 Å². The lowest BCUT2D eigenvalue weighted by Crippen LogP contribution is -2.28. The number of nitrogens with zero attached hydrogens (tertiary/aromatic N) is 1. The van der Waals surface area contributed by atoms with Crippen LogP contribution in [0.4, 0.5) is 0 Å². The van der Waals surface area contributed by atoms with Crippen LogP contribution in [0.25, 0.3) is 0 Å². The Balaban J connectivity index is 2.25. The van der Waals surface area contributed by atoms with Gasteiger partial charge in [-0.3, -0.25) is 9.78 Å². The zero-order valence-corrected chi connectivity index (χ0v) is 9.73. The van der Waals surface area contributed by atoms with E-state index in [1.54, 1.807) is 26.2 Å². The van der Waals surface area contributed by atoms with Gasteiger partial charge >= 0.3 is 5.97 Å². The average molecular weight is 222 g/mol. The lowest BCUT2D eigenvalue weighted by atomic mass is 9.90. The topological polar surface area (TPSA) is 62.2 Å². The fourth-order valence-corrected chi connectivity index (χ4v) is 1.24. The van der Waals surface area contributed by atoms with E-state index in [0.717, 1.165) is 12.1 Å². The van der Waals surface area contributed by atoms with Gasteiger partial charge in [-0.1, -0.05) is 0 Å². The molecule has 1 heterocycles. The molecule has 0 aliphatic heterocycles. The molecule has 0 unspecified atom stereocenters. The van der Waals surface area contributed by atoms with Crippen molar-refractivity contribution in [1.82, 2.24) is 10.3 Å². The number of nitrogens with one attached hydrogen (secondary N) is 1. The summed E-state index contributed by atoms with van der Waals surface area (Å²) in [6.45, 7) is 4.92. The third kappa shape index (κ3) is 3.98. The highest BCUT2D eigenvalue weighted by molar-refractivity contribution is 5.73. The molecule has 0 amide bonds. The second-order valence-corrected chi connectivity index (χ2v) is 4.47. The van der Waals surface area contributed by atoms with Crippen molar-refractivity contribution in [2.24, 2.45) is 5.41 Å². The summed E-state index contributed by atoms with van der Waals surface area (Å²) in [7, 11) is 0. The van der Waals surface area contributed by atoms with E-state index in [-0.39, 0.29) is 0 Å². The SMILES string of the molecule is CC(C)(CCNCc1ccncc1)C(=O)O. The van der Waals surface area contributed by atoms with E-state index in [4.69, 9.17) is 5.11 Å². The van der Waals surface area contributed by atoms with Crippen molar-refractivity contribution < 1.29 is 9.90 Å². The van der Waals surface area contributed by atoms with Gasteiger partial charge in [0.15, 0.2) is 0 Å². The molecule has 16 heavy (non-hydrogen) atoms. The molecule has 0 radical (unpaired) electrons. The second-order valence-electron chi connectivity index (χ2n) is 4.47. The third-order valence-corrected chi connectivity index (χ3v) is 2.58. The standard InChI is InChI=1S/C12H18N2O2/c1-12(2,11(15)16)5-8-14-9-10-3-6-13-7-4-10/h3-4,6-7,14H,5,8-9H2,1-2H3,(H,15,16). The molecule has 1 aromatic heterocycles. The molecular formula is C12H18N2O2. The van der Waals surface area contributed by atoms with Gasteiger partial charge in [-0.2, -0.15) is 0 Å². The lowest BCUT2D eigenvalue weighted by Gasteiger charge is -2.18. The Morgan fingerprint density at radius 3 is 2.62 bits per heavy atom. The van der Waals surface area contributed by atoms with Crippen LogP contribution in [0.1, 0.15) is 25.8 Å². The van der Waals surface area contributed by atoms with Crippen LogP contribution in [0.2, 0.25) is 0 Å². The average Bonchev–Trinajstić information content (AvgIpc) is 2.26. The van der Waals surface area contributed by atoms with Gasteiger partial charge < -0.3 is 10.4 Å². The zero-order chi connectivity index (χ0) is 12.0. The molecule has 0 fully saturated rings. The predicted molar refractivity (Wildman–Crippen MR) is 62.0 cm³/mol. The number of carboxylic acids is 1. The Kier molecular flexibility index (Phi) is 4.43. The minimum absolute atomic E-state index is 0.618. The number of pyridine rings is 1. The number of aliphatic carboxylic acids is 1. The summed E-state index contributed by atoms with van der Waals surface area (Å²) >= 11 is 0. The molecule has 1 rings (SSSR count). The molecule has 0 spiro atoms. The molecule has 88 valence electrons. The first-order valence-electron chi connectivity index (χ1n) is 5.35. The van der Waals surface area contributed by atoms with Gasteiger partial charge in [-0.05, 0) is 44.5 Å². The normalized spacial score (nSPS) is 11.4. The number of aromatic nitrogens is 1. The van der Waals surface area contributed by atoms with Gasteiger partial charge in [0.05, 0.1) is 5.41 Å². The van der Waals surface area contributed by atoms with Crippen molar-refractivity contribution in [3.8, 4) is 0 Å². The molecule has 0 aromatic carbocycles. The van der Waals surface area contributed by atoms with Gasteiger partial charge in [0, 0.05) is 18.9 Å². The molecule has 0 atom stereocenters. The van der Waals surface area contributed by atoms with Crippen molar-refractivity contribution in [2.45, 2.75) is 26.8 Å². The fourth-order valence-electron chi connectivity index (χ4n) is 1.24. The van der Waals surface area contributed by atoms with Crippen LogP contribution in [0.5, 0.6) is 0 Å². The van der Waals surface area contributed by atoms with Gasteiger partial charge in [0.1, 0.15) is 0 Å². The Bertz CT molecular complexity index is 336. The van der Waals surface area contributed by atoms with E-state index in [2.05, 4.69) is 10.3 Å². The first-order valence-corrected chi connectivity index (χ1v) is 5.35. The molecule has 0 aliphatic carbocycles. The Labute approximate surface area is 95.7 Å². The summed E-state index contributed by atoms with van der Waals surface area (Å²) in [6, 6.07) is 3.88. The monoisotopic (exact) mass is 222 g/mol. The lowest BCUT2D eigenvalue weighted by molar-refractivity contribution is -0.147. The van der Waals surface area contributed by atoms with Crippen LogP contribution in [-0.4, -0.2) is 22.6 Å². The summed E-state index contributed by atoms with van der Waals surface area (Å²) in [5.74, 6) is -0.752. The van der Waals surface area contributed by atoms with Gasteiger partial charge in [0.25, 0.3) is 0 Å². The van der Waals surface area contributed by atoms with E-state index in [1.165, 1.54) is 0 Å². The van der Waals surface area contributed by atoms with Gasteiger partial charge in [-0.25, -0.2) is 0 Å². The van der Waals surface area contributed by atoms with E-state index in [1.807, 2.05) is 12.1 Å². The van der Waals surface area contributed by atoms with Gasteiger partial charge in [-0.15, -0.1) is 0 Å². The molecule has 0 saturated heterocycles. The smallest absolute Gasteiger partial charge is 0.309 e. The van der Waals surface area contributed by atoms with Crippen molar-refractivity contribution in [2.75, 3.05) is 6.54 Å². The van der Waals surface area contributed by atoms with E-state index < -0.39 is 11.4 Å². The van der Waals surface area contributed by atoms with Crippen LogP contribution in [0, 0.1) is 5.41 Å². The van der Waals surface area contributed by atoms with Crippen molar-refractivity contribution >= 4 is 5.97 Å². The molecule has 0 aliphatic rings. The highest BCUT2D eigenvalue weighted by Crippen LogP contribution is 2.19. The summed E-state index contributed by atoms with van der Waals surface area (Å²) in [5, 5.41) is 12.1. The van der Waals surface area contributed by atoms with Crippen molar-refractivity contribution in [3.63, 3.8) is 0 Å². The van der Waals surface area contributed by atoms with Crippen molar-refractivity contribution in [3.05, 3.63) is 30.1 Å². The number of carboxylic acid groups (broad SMARTS) is 1. The number of hydrogen-bond acceptors (Lipinski definition) is 3. The summed E-state index contributed by atoms with van der Waals surface area (Å²) in [5.41, 5.74) is 0.494. The Morgan fingerprint density at radius 2 is 2.06 bits per heavy atom. The molecule has 4 heteroatoms. The Hall–Kier alpha value is -1.42. The van der Waals surface area contributed by atoms with Crippen LogP contribution in [0.15, 0.2) is 24.5 Å². The maximum absolute atomic E-state index is 10.8. The maximum atomic E-state index is 10.8. The molecule has 4 nitrogen and oxygen atoms in total. The van der Waals surface area contributed by atoms with Crippen molar-refractivity contribution in [1.29, 1.82) is 0 Å². The first kappa shape index (κ1) is 12.6. The van der Waals surface area contributed by atoms with Crippen LogP contribution in [0.3, 0.4) is 0 Å². The number of rotatable bonds is 6. The molecule has 2 N–H and O–H groups in total. The summed E-state index contributed by atoms with van der Waals surface area (Å²) in [6.07, 6.45) is 4.11. The molecule has 1 aromatic rings. The predicted octanol–water partition coefficient (Wildman–Crippen LogP) is 1.67. The highest BCUT2D eigenvalue weighted by atomic mass is 16.4. The third-order valence-electron chi connectivity index (χ3n) is 2.58. The molecule has 0 saturated carbocycles. The maximum Gasteiger partial charge on any atom is 0.309 e. The zero-order valence-electron chi connectivity index (χ0n) is 9.73. The fraction of sp³-hybridized carbons (Fsp3) is 0.500. The molecular weight excluding hydrogens is 204 g/mol. The Morgan fingerprint density at radius 1 is 1.44 bits per heavy atom. The minimum Gasteiger partial charge on any atom is -0.481 e. The summed E-state index contributed by atoms with van der Waals surface area (Å²) < 4.78 is 0. The van der Waals surface area contributed by atoms with Crippen LogP contribution in [-0.2, 0) is 11.3 Å². The summed E-state index contributed by atoms with van der Waals surface area (Å²) in [4.78, 5) is 14.8. The number of carbonyl (C=O) groups is 1. The van der Waals surface area contributed by atoms with Crippen LogP contribution < -0.4 is 5.32 Å². The van der Waals surface area contributed by atoms with E-state index in [9.17, 15) is 4.79 Å². The van der Waals surface area contributed by atoms with Gasteiger partial charge in [0.2, 0.25) is 0 Å².